The number of aryl methyl sites for hydroxylation is 2. The van der Waals surface area contributed by atoms with Gasteiger partial charge in [0.05, 0.1) is 6.54 Å². The Morgan fingerprint density at radius 3 is 2.64 bits per heavy atom. The van der Waals surface area contributed by atoms with Gasteiger partial charge in [-0.2, -0.15) is 0 Å². The van der Waals surface area contributed by atoms with Crippen molar-refractivity contribution in [2.45, 2.75) is 33.2 Å². The molecule has 1 fully saturated rings. The standard InChI is InChI=1S/C23H29ClN2O2/c1-17-7-8-22(18(2)15-17)28-14-11-25-23(27)19-9-12-26(13-10-19)16-20-5-3-4-6-21(20)24/h3-8,15,19H,9-14,16H2,1-2H3,(H,25,27). The predicted molar refractivity (Wildman–Crippen MR) is 114 cm³/mol. The van der Waals surface area contributed by atoms with Crippen molar-refractivity contribution >= 4 is 17.5 Å². The van der Waals surface area contributed by atoms with Crippen LogP contribution in [0.15, 0.2) is 42.5 Å². The molecule has 0 aromatic heterocycles. The summed E-state index contributed by atoms with van der Waals surface area (Å²) in [4.78, 5) is 14.8. The molecule has 2 aromatic rings. The SMILES string of the molecule is Cc1ccc(OCCNC(=O)C2CCN(Cc3ccccc3Cl)CC2)c(C)c1. The van der Waals surface area contributed by atoms with Crippen LogP contribution in [-0.4, -0.2) is 37.0 Å². The highest BCUT2D eigenvalue weighted by molar-refractivity contribution is 6.31. The highest BCUT2D eigenvalue weighted by atomic mass is 35.5. The smallest absolute Gasteiger partial charge is 0.223 e. The molecule has 1 N–H and O–H groups in total. The van der Waals surface area contributed by atoms with E-state index in [0.717, 1.165) is 54.4 Å². The molecular formula is C23H29ClN2O2. The quantitative estimate of drug-likeness (QED) is 0.702. The van der Waals surface area contributed by atoms with Gasteiger partial charge in [0.1, 0.15) is 12.4 Å². The van der Waals surface area contributed by atoms with Crippen LogP contribution in [0.2, 0.25) is 5.02 Å². The van der Waals surface area contributed by atoms with Crippen molar-refractivity contribution < 1.29 is 9.53 Å². The number of benzene rings is 2. The van der Waals surface area contributed by atoms with Crippen molar-refractivity contribution in [2.75, 3.05) is 26.2 Å². The van der Waals surface area contributed by atoms with E-state index in [1.807, 2.05) is 37.3 Å². The van der Waals surface area contributed by atoms with E-state index in [1.54, 1.807) is 0 Å². The monoisotopic (exact) mass is 400 g/mol. The molecule has 0 bridgehead atoms. The van der Waals surface area contributed by atoms with Gasteiger partial charge in [-0.05, 0) is 63.0 Å². The molecule has 0 aliphatic carbocycles. The van der Waals surface area contributed by atoms with E-state index in [4.69, 9.17) is 16.3 Å². The largest absolute Gasteiger partial charge is 0.491 e. The Morgan fingerprint density at radius 2 is 1.93 bits per heavy atom. The summed E-state index contributed by atoms with van der Waals surface area (Å²) in [5, 5.41) is 3.83. The topological polar surface area (TPSA) is 41.6 Å². The molecule has 0 atom stereocenters. The fourth-order valence-electron chi connectivity index (χ4n) is 3.66. The Morgan fingerprint density at radius 1 is 1.18 bits per heavy atom. The van der Waals surface area contributed by atoms with Crippen LogP contribution in [0, 0.1) is 19.8 Å². The van der Waals surface area contributed by atoms with Crippen LogP contribution in [0.4, 0.5) is 0 Å². The van der Waals surface area contributed by atoms with E-state index >= 15 is 0 Å². The first-order chi connectivity index (χ1) is 13.5. The van der Waals surface area contributed by atoms with E-state index in [1.165, 1.54) is 5.56 Å². The van der Waals surface area contributed by atoms with Gasteiger partial charge in [0, 0.05) is 17.5 Å². The van der Waals surface area contributed by atoms with Crippen molar-refractivity contribution in [3.63, 3.8) is 0 Å². The second kappa shape index (κ2) is 9.94. The summed E-state index contributed by atoms with van der Waals surface area (Å²) in [6.07, 6.45) is 1.77. The molecule has 2 aromatic carbocycles. The van der Waals surface area contributed by atoms with Crippen LogP contribution >= 0.6 is 11.6 Å². The van der Waals surface area contributed by atoms with Gasteiger partial charge < -0.3 is 10.1 Å². The number of piperidine rings is 1. The number of carbonyl (C=O) groups is 1. The zero-order chi connectivity index (χ0) is 19.9. The van der Waals surface area contributed by atoms with Crippen LogP contribution in [0.3, 0.4) is 0 Å². The minimum absolute atomic E-state index is 0.0867. The zero-order valence-corrected chi connectivity index (χ0v) is 17.5. The van der Waals surface area contributed by atoms with Gasteiger partial charge in [0.2, 0.25) is 5.91 Å². The molecule has 5 heteroatoms. The molecule has 1 saturated heterocycles. The molecule has 28 heavy (non-hydrogen) atoms. The van der Waals surface area contributed by atoms with Gasteiger partial charge in [-0.3, -0.25) is 9.69 Å². The van der Waals surface area contributed by atoms with Crippen LogP contribution in [0.1, 0.15) is 29.5 Å². The third kappa shape index (κ3) is 5.73. The maximum absolute atomic E-state index is 12.4. The van der Waals surface area contributed by atoms with Gasteiger partial charge in [0.15, 0.2) is 0 Å². The van der Waals surface area contributed by atoms with Crippen LogP contribution < -0.4 is 10.1 Å². The predicted octanol–water partition coefficient (Wildman–Crippen LogP) is 4.36. The number of likely N-dealkylation sites (tertiary alicyclic amines) is 1. The van der Waals surface area contributed by atoms with Crippen molar-refractivity contribution in [3.05, 3.63) is 64.2 Å². The lowest BCUT2D eigenvalue weighted by atomic mass is 9.95. The second-order valence-electron chi connectivity index (χ2n) is 7.55. The number of rotatable bonds is 7. The van der Waals surface area contributed by atoms with Gasteiger partial charge in [-0.25, -0.2) is 0 Å². The molecule has 4 nitrogen and oxygen atoms in total. The zero-order valence-electron chi connectivity index (χ0n) is 16.7. The summed E-state index contributed by atoms with van der Waals surface area (Å²) >= 11 is 6.25. The molecule has 0 saturated carbocycles. The van der Waals surface area contributed by atoms with Gasteiger partial charge in [-0.15, -0.1) is 0 Å². The average molecular weight is 401 g/mol. The van der Waals surface area contributed by atoms with Gasteiger partial charge in [0.25, 0.3) is 0 Å². The van der Waals surface area contributed by atoms with E-state index < -0.39 is 0 Å². The first-order valence-electron chi connectivity index (χ1n) is 9.96. The fraction of sp³-hybridized carbons (Fsp3) is 0.435. The Labute approximate surface area is 172 Å². The number of hydrogen-bond donors (Lipinski definition) is 1. The number of nitrogens with one attached hydrogen (secondary N) is 1. The van der Waals surface area contributed by atoms with Gasteiger partial charge in [-0.1, -0.05) is 47.5 Å². The minimum atomic E-state index is 0.0867. The summed E-state index contributed by atoms with van der Waals surface area (Å²) in [5.74, 6) is 1.11. The first kappa shape index (κ1) is 20.7. The van der Waals surface area contributed by atoms with Crippen LogP contribution in [0.25, 0.3) is 0 Å². The Balaban J connectivity index is 1.36. The molecule has 0 radical (unpaired) electrons. The number of nitrogens with zero attached hydrogens (tertiary/aromatic N) is 1. The number of amides is 1. The molecule has 3 rings (SSSR count). The number of carbonyl (C=O) groups excluding carboxylic acids is 1. The normalized spacial score (nSPS) is 15.4. The number of hydrogen-bond acceptors (Lipinski definition) is 3. The highest BCUT2D eigenvalue weighted by Crippen LogP contribution is 2.22. The van der Waals surface area contributed by atoms with Crippen molar-refractivity contribution in [3.8, 4) is 5.75 Å². The summed E-state index contributed by atoms with van der Waals surface area (Å²) in [6, 6.07) is 14.1. The maximum atomic E-state index is 12.4. The molecule has 1 aliphatic heterocycles. The molecule has 150 valence electrons. The lowest BCUT2D eigenvalue weighted by Crippen LogP contribution is -2.41. The van der Waals surface area contributed by atoms with Crippen LogP contribution in [0.5, 0.6) is 5.75 Å². The van der Waals surface area contributed by atoms with Crippen molar-refractivity contribution in [2.24, 2.45) is 5.92 Å². The van der Waals surface area contributed by atoms with Gasteiger partial charge >= 0.3 is 0 Å². The lowest BCUT2D eigenvalue weighted by Gasteiger charge is -2.31. The maximum Gasteiger partial charge on any atom is 0.223 e. The molecule has 1 aliphatic rings. The van der Waals surface area contributed by atoms with E-state index in [2.05, 4.69) is 29.3 Å². The second-order valence-corrected chi connectivity index (χ2v) is 7.96. The Kier molecular flexibility index (Phi) is 7.35. The Hall–Kier alpha value is -2.04. The van der Waals surface area contributed by atoms with Crippen molar-refractivity contribution in [1.82, 2.24) is 10.2 Å². The number of ether oxygens (including phenoxy) is 1. The third-order valence-corrected chi connectivity index (χ3v) is 5.67. The third-order valence-electron chi connectivity index (χ3n) is 5.30. The van der Waals surface area contributed by atoms with E-state index in [9.17, 15) is 4.79 Å². The van der Waals surface area contributed by atoms with E-state index in [-0.39, 0.29) is 11.8 Å². The average Bonchev–Trinajstić information content (AvgIpc) is 2.69. The first-order valence-corrected chi connectivity index (χ1v) is 10.3. The highest BCUT2D eigenvalue weighted by Gasteiger charge is 2.25. The summed E-state index contributed by atoms with van der Waals surface area (Å²) in [6.45, 7) is 7.81. The minimum Gasteiger partial charge on any atom is -0.491 e. The fourth-order valence-corrected chi connectivity index (χ4v) is 3.86. The summed E-state index contributed by atoms with van der Waals surface area (Å²) in [7, 11) is 0. The number of halogens is 1. The molecular weight excluding hydrogens is 372 g/mol. The van der Waals surface area contributed by atoms with Crippen LogP contribution in [-0.2, 0) is 11.3 Å². The van der Waals surface area contributed by atoms with E-state index in [0.29, 0.717) is 13.2 Å². The van der Waals surface area contributed by atoms with Crippen molar-refractivity contribution in [1.29, 1.82) is 0 Å². The molecule has 1 heterocycles. The molecule has 0 spiro atoms. The molecule has 1 amide bonds. The summed E-state index contributed by atoms with van der Waals surface area (Å²) in [5.41, 5.74) is 3.49. The summed E-state index contributed by atoms with van der Waals surface area (Å²) < 4.78 is 5.79. The lowest BCUT2D eigenvalue weighted by molar-refractivity contribution is -0.126. The Bertz CT molecular complexity index is 801. The molecule has 0 unspecified atom stereocenters.